The Morgan fingerprint density at radius 3 is 3.00 bits per heavy atom. The number of thiazole rings is 1. The third kappa shape index (κ3) is 3.29. The Bertz CT molecular complexity index is 374. The standard InChI is InChI=1S/C13H23N3OS/c1-11-12(18-10-15-11)6-16(3)8-13(7-14-2)4-5-17-9-13/h10,14H,4-9H2,1-3H3. The Hall–Kier alpha value is -0.490. The van der Waals surface area contributed by atoms with Crippen LogP contribution >= 0.6 is 11.3 Å². The fourth-order valence-electron chi connectivity index (χ4n) is 2.70. The predicted octanol–water partition coefficient (Wildman–Crippen LogP) is 1.51. The van der Waals surface area contributed by atoms with Crippen LogP contribution in [0.5, 0.6) is 0 Å². The summed E-state index contributed by atoms with van der Waals surface area (Å²) in [5, 5.41) is 3.31. The Kier molecular flexibility index (Phi) is 4.72. The van der Waals surface area contributed by atoms with E-state index in [2.05, 4.69) is 29.2 Å². The van der Waals surface area contributed by atoms with Crippen molar-refractivity contribution in [3.05, 3.63) is 16.1 Å². The molecule has 0 amide bonds. The molecule has 1 aliphatic heterocycles. The summed E-state index contributed by atoms with van der Waals surface area (Å²) in [7, 11) is 4.21. The average molecular weight is 269 g/mol. The van der Waals surface area contributed by atoms with E-state index in [1.54, 1.807) is 11.3 Å². The van der Waals surface area contributed by atoms with E-state index in [1.807, 2.05) is 12.6 Å². The van der Waals surface area contributed by atoms with Gasteiger partial charge in [0.15, 0.2) is 0 Å². The molecule has 1 N–H and O–H groups in total. The van der Waals surface area contributed by atoms with Crippen molar-refractivity contribution in [1.29, 1.82) is 0 Å². The van der Waals surface area contributed by atoms with Gasteiger partial charge in [-0.3, -0.25) is 0 Å². The highest BCUT2D eigenvalue weighted by molar-refractivity contribution is 7.09. The number of hydrogen-bond acceptors (Lipinski definition) is 5. The lowest BCUT2D eigenvalue weighted by Gasteiger charge is -2.32. The summed E-state index contributed by atoms with van der Waals surface area (Å²) in [5.74, 6) is 0. The Morgan fingerprint density at radius 1 is 1.61 bits per heavy atom. The van der Waals surface area contributed by atoms with Gasteiger partial charge in [-0.2, -0.15) is 0 Å². The highest BCUT2D eigenvalue weighted by Crippen LogP contribution is 2.29. The van der Waals surface area contributed by atoms with Crippen molar-refractivity contribution in [2.45, 2.75) is 19.9 Å². The van der Waals surface area contributed by atoms with Crippen LogP contribution in [0.2, 0.25) is 0 Å². The highest BCUT2D eigenvalue weighted by Gasteiger charge is 2.35. The minimum Gasteiger partial charge on any atom is -0.381 e. The fraction of sp³-hybridized carbons (Fsp3) is 0.769. The fourth-order valence-corrected chi connectivity index (χ4v) is 3.55. The number of aromatic nitrogens is 1. The predicted molar refractivity (Wildman–Crippen MR) is 75.0 cm³/mol. The van der Waals surface area contributed by atoms with Gasteiger partial charge >= 0.3 is 0 Å². The van der Waals surface area contributed by atoms with E-state index in [9.17, 15) is 0 Å². The van der Waals surface area contributed by atoms with Crippen LogP contribution in [-0.4, -0.2) is 50.3 Å². The van der Waals surface area contributed by atoms with Crippen molar-refractivity contribution >= 4 is 11.3 Å². The Labute approximate surface area is 113 Å². The van der Waals surface area contributed by atoms with Crippen LogP contribution in [0.25, 0.3) is 0 Å². The first-order valence-electron chi connectivity index (χ1n) is 6.45. The molecule has 1 fully saturated rings. The number of nitrogens with one attached hydrogen (secondary N) is 1. The summed E-state index contributed by atoms with van der Waals surface area (Å²) in [6.07, 6.45) is 1.15. The van der Waals surface area contributed by atoms with Crippen molar-refractivity contribution in [3.8, 4) is 0 Å². The average Bonchev–Trinajstić information content (AvgIpc) is 2.90. The molecule has 102 valence electrons. The van der Waals surface area contributed by atoms with Gasteiger partial charge in [0.2, 0.25) is 0 Å². The molecule has 0 aromatic carbocycles. The van der Waals surface area contributed by atoms with E-state index in [-0.39, 0.29) is 5.41 Å². The van der Waals surface area contributed by atoms with Crippen molar-refractivity contribution in [2.24, 2.45) is 5.41 Å². The quantitative estimate of drug-likeness (QED) is 0.849. The molecule has 0 saturated carbocycles. The third-order valence-corrected chi connectivity index (χ3v) is 4.52. The van der Waals surface area contributed by atoms with Crippen LogP contribution in [0.15, 0.2) is 5.51 Å². The molecule has 0 aliphatic carbocycles. The van der Waals surface area contributed by atoms with Crippen molar-refractivity contribution in [1.82, 2.24) is 15.2 Å². The molecule has 1 aromatic heterocycles. The lowest BCUT2D eigenvalue weighted by atomic mass is 9.86. The number of nitrogens with zero attached hydrogens (tertiary/aromatic N) is 2. The normalized spacial score (nSPS) is 24.0. The van der Waals surface area contributed by atoms with Crippen LogP contribution in [-0.2, 0) is 11.3 Å². The summed E-state index contributed by atoms with van der Waals surface area (Å²) < 4.78 is 5.60. The largest absolute Gasteiger partial charge is 0.381 e. The molecule has 1 atom stereocenters. The maximum absolute atomic E-state index is 5.60. The van der Waals surface area contributed by atoms with E-state index in [4.69, 9.17) is 4.74 Å². The minimum absolute atomic E-state index is 0.280. The first-order valence-corrected chi connectivity index (χ1v) is 7.33. The minimum atomic E-state index is 0.280. The second-order valence-electron chi connectivity index (χ2n) is 5.37. The smallest absolute Gasteiger partial charge is 0.0798 e. The topological polar surface area (TPSA) is 37.4 Å². The molecule has 5 heteroatoms. The lowest BCUT2D eigenvalue weighted by Crippen LogP contribution is -2.42. The molecule has 2 heterocycles. The summed E-state index contributed by atoms with van der Waals surface area (Å²) in [5.41, 5.74) is 3.38. The molecule has 1 aliphatic rings. The zero-order valence-corrected chi connectivity index (χ0v) is 12.3. The van der Waals surface area contributed by atoms with Gasteiger partial charge in [0.05, 0.1) is 17.8 Å². The first kappa shape index (κ1) is 13.9. The van der Waals surface area contributed by atoms with Gasteiger partial charge in [-0.15, -0.1) is 11.3 Å². The molecule has 1 unspecified atom stereocenters. The van der Waals surface area contributed by atoms with Gasteiger partial charge in [0, 0.05) is 36.5 Å². The van der Waals surface area contributed by atoms with Crippen molar-refractivity contribution < 1.29 is 4.74 Å². The van der Waals surface area contributed by atoms with Crippen molar-refractivity contribution in [3.63, 3.8) is 0 Å². The number of ether oxygens (including phenoxy) is 1. The first-order chi connectivity index (χ1) is 8.65. The van der Waals surface area contributed by atoms with E-state index >= 15 is 0 Å². The van der Waals surface area contributed by atoms with Crippen molar-refractivity contribution in [2.75, 3.05) is 40.4 Å². The molecule has 4 nitrogen and oxygen atoms in total. The summed E-state index contributed by atoms with van der Waals surface area (Å²) in [6.45, 7) is 6.95. The van der Waals surface area contributed by atoms with Gasteiger partial charge in [-0.05, 0) is 27.4 Å². The van der Waals surface area contributed by atoms with Gasteiger partial charge in [-0.1, -0.05) is 0 Å². The van der Waals surface area contributed by atoms with Crippen LogP contribution < -0.4 is 5.32 Å². The van der Waals surface area contributed by atoms with E-state index in [0.717, 1.165) is 45.0 Å². The second-order valence-corrected chi connectivity index (χ2v) is 6.31. The molecule has 0 spiro atoms. The number of rotatable bonds is 6. The third-order valence-electron chi connectivity index (χ3n) is 3.60. The van der Waals surface area contributed by atoms with Crippen LogP contribution in [0.3, 0.4) is 0 Å². The van der Waals surface area contributed by atoms with Crippen LogP contribution in [0, 0.1) is 12.3 Å². The zero-order chi connectivity index (χ0) is 13.0. The maximum atomic E-state index is 5.60. The monoisotopic (exact) mass is 269 g/mol. The maximum Gasteiger partial charge on any atom is 0.0798 e. The zero-order valence-electron chi connectivity index (χ0n) is 11.5. The van der Waals surface area contributed by atoms with Gasteiger partial charge in [0.25, 0.3) is 0 Å². The second kappa shape index (κ2) is 6.10. The Morgan fingerprint density at radius 2 is 2.44 bits per heavy atom. The molecule has 2 rings (SSSR count). The molecule has 0 bridgehead atoms. The summed E-state index contributed by atoms with van der Waals surface area (Å²) in [6, 6.07) is 0. The van der Waals surface area contributed by atoms with Gasteiger partial charge < -0.3 is 15.0 Å². The van der Waals surface area contributed by atoms with E-state index in [0.29, 0.717) is 0 Å². The van der Waals surface area contributed by atoms with E-state index in [1.165, 1.54) is 4.88 Å². The molecular formula is C13H23N3OS. The summed E-state index contributed by atoms with van der Waals surface area (Å²) >= 11 is 1.75. The van der Waals surface area contributed by atoms with Crippen LogP contribution in [0.4, 0.5) is 0 Å². The van der Waals surface area contributed by atoms with Gasteiger partial charge in [-0.25, -0.2) is 4.98 Å². The number of hydrogen-bond donors (Lipinski definition) is 1. The Balaban J connectivity index is 1.93. The molecular weight excluding hydrogens is 246 g/mol. The SMILES string of the molecule is CNCC1(CN(C)Cc2scnc2C)CCOC1. The van der Waals surface area contributed by atoms with E-state index < -0.39 is 0 Å². The molecule has 1 aromatic rings. The van der Waals surface area contributed by atoms with Gasteiger partial charge in [0.1, 0.15) is 0 Å². The highest BCUT2D eigenvalue weighted by atomic mass is 32.1. The molecule has 1 saturated heterocycles. The number of aryl methyl sites for hydroxylation is 1. The summed E-state index contributed by atoms with van der Waals surface area (Å²) in [4.78, 5) is 8.08. The van der Waals surface area contributed by atoms with Crippen LogP contribution in [0.1, 0.15) is 17.0 Å². The molecule has 0 radical (unpaired) electrons. The molecule has 18 heavy (non-hydrogen) atoms. The lowest BCUT2D eigenvalue weighted by molar-refractivity contribution is 0.118.